The molecule has 0 saturated carbocycles. The fraction of sp³-hybridized carbons (Fsp3) is 0.524. The molecule has 0 aliphatic rings. The molecule has 2 aromatic rings. The number of hydrogen-bond donors (Lipinski definition) is 3. The van der Waals surface area contributed by atoms with E-state index in [0.717, 1.165) is 48.2 Å². The molecule has 1 heterocycles. The van der Waals surface area contributed by atoms with E-state index in [0.29, 0.717) is 6.54 Å². The van der Waals surface area contributed by atoms with Crippen molar-refractivity contribution in [1.29, 1.82) is 0 Å². The molecule has 1 aromatic carbocycles. The molecule has 0 aliphatic carbocycles. The first-order valence-corrected chi connectivity index (χ1v) is 9.69. The number of hydrogen-bond acceptors (Lipinski definition) is 3. The lowest BCUT2D eigenvalue weighted by Crippen LogP contribution is -2.44. The molecule has 1 aromatic heterocycles. The summed E-state index contributed by atoms with van der Waals surface area (Å²) in [5.41, 5.74) is 4.50. The first kappa shape index (κ1) is 21.0. The third-order valence-corrected chi connectivity index (χ3v) is 4.05. The van der Waals surface area contributed by atoms with E-state index in [-0.39, 0.29) is 5.54 Å². The fourth-order valence-electron chi connectivity index (χ4n) is 2.85. The number of aryl methyl sites for hydroxylation is 2. The minimum Gasteiger partial charge on any atom is -0.357 e. The van der Waals surface area contributed by atoms with Gasteiger partial charge in [-0.1, -0.05) is 18.2 Å². The molecule has 0 bridgehead atoms. The standard InChI is InChI=1S/C21H34N6/c1-7-22-20(23-12-13-25-21(4,5)6)24-15-18-10-8-9-11-19(18)27-17(3)14-16(2)26-27/h8-11,14,25H,7,12-13,15H2,1-6H3,(H2,22,23,24). The van der Waals surface area contributed by atoms with Crippen LogP contribution in [0, 0.1) is 13.8 Å². The van der Waals surface area contributed by atoms with E-state index in [4.69, 9.17) is 4.99 Å². The van der Waals surface area contributed by atoms with Gasteiger partial charge in [0.2, 0.25) is 0 Å². The Hall–Kier alpha value is -2.34. The van der Waals surface area contributed by atoms with Gasteiger partial charge in [-0.15, -0.1) is 0 Å². The second-order valence-electron chi connectivity index (χ2n) is 7.77. The van der Waals surface area contributed by atoms with Crippen molar-refractivity contribution in [2.24, 2.45) is 4.99 Å². The Kier molecular flexibility index (Phi) is 7.42. The van der Waals surface area contributed by atoms with Gasteiger partial charge in [0.25, 0.3) is 0 Å². The lowest BCUT2D eigenvalue weighted by molar-refractivity contribution is 0.428. The van der Waals surface area contributed by atoms with Gasteiger partial charge in [0, 0.05) is 30.9 Å². The Morgan fingerprint density at radius 3 is 2.48 bits per heavy atom. The Labute approximate surface area is 163 Å². The van der Waals surface area contributed by atoms with Crippen LogP contribution in [-0.2, 0) is 6.54 Å². The minimum atomic E-state index is 0.121. The first-order valence-electron chi connectivity index (χ1n) is 9.69. The molecule has 0 fully saturated rings. The maximum absolute atomic E-state index is 4.77. The second kappa shape index (κ2) is 9.55. The van der Waals surface area contributed by atoms with Crippen molar-refractivity contribution in [2.75, 3.05) is 19.6 Å². The number of guanidine groups is 1. The van der Waals surface area contributed by atoms with E-state index >= 15 is 0 Å². The quantitative estimate of drug-likeness (QED) is 0.398. The zero-order valence-electron chi connectivity index (χ0n) is 17.6. The van der Waals surface area contributed by atoms with Gasteiger partial charge in [0.15, 0.2) is 5.96 Å². The van der Waals surface area contributed by atoms with Crippen molar-refractivity contribution in [2.45, 2.75) is 53.6 Å². The average Bonchev–Trinajstić information content (AvgIpc) is 2.94. The largest absolute Gasteiger partial charge is 0.357 e. The minimum absolute atomic E-state index is 0.121. The fourth-order valence-corrected chi connectivity index (χ4v) is 2.85. The number of nitrogens with one attached hydrogen (secondary N) is 3. The van der Waals surface area contributed by atoms with E-state index < -0.39 is 0 Å². The van der Waals surface area contributed by atoms with E-state index in [2.05, 4.69) is 73.9 Å². The molecule has 2 rings (SSSR count). The van der Waals surface area contributed by atoms with Gasteiger partial charge in [0.1, 0.15) is 0 Å². The third-order valence-electron chi connectivity index (χ3n) is 4.05. The van der Waals surface area contributed by atoms with Crippen LogP contribution < -0.4 is 16.0 Å². The maximum atomic E-state index is 4.77. The third kappa shape index (κ3) is 6.71. The van der Waals surface area contributed by atoms with E-state index in [1.165, 1.54) is 0 Å². The summed E-state index contributed by atoms with van der Waals surface area (Å²) in [5, 5.41) is 14.8. The monoisotopic (exact) mass is 370 g/mol. The zero-order chi connectivity index (χ0) is 19.9. The van der Waals surface area contributed by atoms with Crippen molar-refractivity contribution in [3.05, 3.63) is 47.3 Å². The van der Waals surface area contributed by atoms with Gasteiger partial charge >= 0.3 is 0 Å². The average molecular weight is 371 g/mol. The summed E-state index contributed by atoms with van der Waals surface area (Å²) in [4.78, 5) is 4.77. The van der Waals surface area contributed by atoms with E-state index in [1.807, 2.05) is 23.7 Å². The maximum Gasteiger partial charge on any atom is 0.191 e. The number of rotatable bonds is 7. The smallest absolute Gasteiger partial charge is 0.191 e. The topological polar surface area (TPSA) is 66.3 Å². The van der Waals surface area contributed by atoms with Crippen LogP contribution in [0.2, 0.25) is 0 Å². The number of benzene rings is 1. The number of nitrogens with zero attached hydrogens (tertiary/aromatic N) is 3. The first-order chi connectivity index (χ1) is 12.8. The Morgan fingerprint density at radius 2 is 1.85 bits per heavy atom. The van der Waals surface area contributed by atoms with Crippen LogP contribution in [0.15, 0.2) is 35.3 Å². The highest BCUT2D eigenvalue weighted by Gasteiger charge is 2.09. The highest BCUT2D eigenvalue weighted by molar-refractivity contribution is 5.79. The van der Waals surface area contributed by atoms with Crippen molar-refractivity contribution < 1.29 is 0 Å². The summed E-state index contributed by atoms with van der Waals surface area (Å²) in [6, 6.07) is 10.4. The molecule has 0 aliphatic heterocycles. The van der Waals surface area contributed by atoms with Crippen LogP contribution in [0.4, 0.5) is 0 Å². The van der Waals surface area contributed by atoms with Crippen LogP contribution in [0.1, 0.15) is 44.6 Å². The van der Waals surface area contributed by atoms with Crippen molar-refractivity contribution in [3.8, 4) is 5.69 Å². The highest BCUT2D eigenvalue weighted by atomic mass is 15.3. The number of aliphatic imine (C=N–C) groups is 1. The predicted molar refractivity (Wildman–Crippen MR) is 114 cm³/mol. The van der Waals surface area contributed by atoms with Gasteiger partial charge in [-0.05, 0) is 59.2 Å². The molecule has 0 spiro atoms. The summed E-state index contributed by atoms with van der Waals surface area (Å²) in [6.07, 6.45) is 0. The summed E-state index contributed by atoms with van der Waals surface area (Å²) >= 11 is 0. The molecule has 6 heteroatoms. The molecule has 27 heavy (non-hydrogen) atoms. The summed E-state index contributed by atoms with van der Waals surface area (Å²) in [5.74, 6) is 0.830. The second-order valence-corrected chi connectivity index (χ2v) is 7.77. The molecular weight excluding hydrogens is 336 g/mol. The Bertz CT molecular complexity index is 754. The van der Waals surface area contributed by atoms with Crippen molar-refractivity contribution >= 4 is 5.96 Å². The molecular formula is C21H34N6. The molecule has 6 nitrogen and oxygen atoms in total. The molecule has 0 radical (unpaired) electrons. The lowest BCUT2D eigenvalue weighted by atomic mass is 10.1. The van der Waals surface area contributed by atoms with Crippen LogP contribution in [0.25, 0.3) is 5.69 Å². The Morgan fingerprint density at radius 1 is 1.11 bits per heavy atom. The molecule has 148 valence electrons. The van der Waals surface area contributed by atoms with Crippen LogP contribution in [-0.4, -0.2) is 40.9 Å². The van der Waals surface area contributed by atoms with E-state index in [1.54, 1.807) is 0 Å². The molecule has 0 amide bonds. The van der Waals surface area contributed by atoms with Crippen molar-refractivity contribution in [3.63, 3.8) is 0 Å². The van der Waals surface area contributed by atoms with Gasteiger partial charge in [-0.25, -0.2) is 9.67 Å². The summed E-state index contributed by atoms with van der Waals surface area (Å²) in [7, 11) is 0. The lowest BCUT2D eigenvalue weighted by Gasteiger charge is -2.21. The summed E-state index contributed by atoms with van der Waals surface area (Å²) < 4.78 is 1.99. The van der Waals surface area contributed by atoms with E-state index in [9.17, 15) is 0 Å². The molecule has 3 N–H and O–H groups in total. The normalized spacial score (nSPS) is 12.3. The van der Waals surface area contributed by atoms with Crippen LogP contribution >= 0.6 is 0 Å². The SMILES string of the molecule is CCNC(=NCc1ccccc1-n1nc(C)cc1C)NCCNC(C)(C)C. The summed E-state index contributed by atoms with van der Waals surface area (Å²) in [6.45, 7) is 15.8. The van der Waals surface area contributed by atoms with Gasteiger partial charge < -0.3 is 16.0 Å². The highest BCUT2D eigenvalue weighted by Crippen LogP contribution is 2.17. The Balaban J connectivity index is 2.08. The van der Waals surface area contributed by atoms with Crippen LogP contribution in [0.3, 0.4) is 0 Å². The van der Waals surface area contributed by atoms with Gasteiger partial charge in [-0.3, -0.25) is 0 Å². The van der Waals surface area contributed by atoms with Crippen LogP contribution in [0.5, 0.6) is 0 Å². The molecule has 0 unspecified atom stereocenters. The zero-order valence-corrected chi connectivity index (χ0v) is 17.6. The predicted octanol–water partition coefficient (Wildman–Crippen LogP) is 2.93. The number of para-hydroxylation sites is 1. The number of aromatic nitrogens is 2. The molecule has 0 saturated heterocycles. The van der Waals surface area contributed by atoms with Gasteiger partial charge in [-0.2, -0.15) is 5.10 Å². The molecule has 0 atom stereocenters. The van der Waals surface area contributed by atoms with Crippen molar-refractivity contribution in [1.82, 2.24) is 25.7 Å². The van der Waals surface area contributed by atoms with Gasteiger partial charge in [0.05, 0.1) is 17.9 Å².